The van der Waals surface area contributed by atoms with Crippen molar-refractivity contribution in [2.45, 2.75) is 31.8 Å². The molecule has 2 amide bonds. The third-order valence-electron chi connectivity index (χ3n) is 5.30. The molecule has 1 aliphatic heterocycles. The smallest absolute Gasteiger partial charge is 0.227 e. The molecular formula is C22H24N4O2. The van der Waals surface area contributed by atoms with Gasteiger partial charge in [0.15, 0.2) is 0 Å². The number of nitrogens with one attached hydrogen (secondary N) is 1. The summed E-state index contributed by atoms with van der Waals surface area (Å²) in [5.41, 5.74) is 3.13. The van der Waals surface area contributed by atoms with Crippen LogP contribution in [0.15, 0.2) is 55.0 Å². The lowest BCUT2D eigenvalue weighted by Gasteiger charge is -2.26. The molecule has 1 aromatic carbocycles. The molecule has 6 heteroatoms. The van der Waals surface area contributed by atoms with Gasteiger partial charge in [-0.15, -0.1) is 0 Å². The van der Waals surface area contributed by atoms with Gasteiger partial charge in [0.1, 0.15) is 0 Å². The minimum atomic E-state index is 0.0145. The minimum absolute atomic E-state index is 0.0145. The van der Waals surface area contributed by atoms with Gasteiger partial charge in [-0.3, -0.25) is 14.6 Å². The highest BCUT2D eigenvalue weighted by molar-refractivity contribution is 5.89. The molecule has 28 heavy (non-hydrogen) atoms. The van der Waals surface area contributed by atoms with Crippen LogP contribution in [0.5, 0.6) is 0 Å². The van der Waals surface area contributed by atoms with E-state index < -0.39 is 0 Å². The average molecular weight is 376 g/mol. The van der Waals surface area contributed by atoms with Gasteiger partial charge in [0.05, 0.1) is 6.42 Å². The van der Waals surface area contributed by atoms with Crippen molar-refractivity contribution in [1.29, 1.82) is 0 Å². The van der Waals surface area contributed by atoms with Crippen LogP contribution in [0.4, 0.5) is 0 Å². The highest BCUT2D eigenvalue weighted by atomic mass is 16.2. The van der Waals surface area contributed by atoms with Gasteiger partial charge in [0.25, 0.3) is 0 Å². The Balaban J connectivity index is 1.55. The lowest BCUT2D eigenvalue weighted by Crippen LogP contribution is -2.42. The molecule has 0 bridgehead atoms. The lowest BCUT2D eigenvalue weighted by atomic mass is 10.1. The molecule has 0 unspecified atom stereocenters. The number of pyridine rings is 1. The monoisotopic (exact) mass is 376 g/mol. The second-order valence-electron chi connectivity index (χ2n) is 7.40. The van der Waals surface area contributed by atoms with Crippen LogP contribution in [0.1, 0.15) is 24.0 Å². The fourth-order valence-corrected chi connectivity index (χ4v) is 3.89. The summed E-state index contributed by atoms with van der Waals surface area (Å²) in [5, 5.41) is 4.08. The van der Waals surface area contributed by atoms with Crippen molar-refractivity contribution >= 4 is 22.7 Å². The van der Waals surface area contributed by atoms with E-state index in [-0.39, 0.29) is 17.9 Å². The van der Waals surface area contributed by atoms with Gasteiger partial charge in [0.2, 0.25) is 11.8 Å². The molecule has 1 atom stereocenters. The van der Waals surface area contributed by atoms with Gasteiger partial charge >= 0.3 is 0 Å². The van der Waals surface area contributed by atoms with Crippen molar-refractivity contribution < 1.29 is 9.59 Å². The Morgan fingerprint density at radius 1 is 1.29 bits per heavy atom. The van der Waals surface area contributed by atoms with Crippen LogP contribution in [0.25, 0.3) is 10.9 Å². The summed E-state index contributed by atoms with van der Waals surface area (Å²) in [4.78, 5) is 30.8. The molecule has 1 N–H and O–H groups in total. The van der Waals surface area contributed by atoms with Gasteiger partial charge in [-0.1, -0.05) is 24.3 Å². The summed E-state index contributed by atoms with van der Waals surface area (Å²) in [6, 6.07) is 12.0. The number of fused-ring (bicyclic) bond motifs is 1. The highest BCUT2D eigenvalue weighted by Crippen LogP contribution is 2.22. The molecule has 0 aliphatic carbocycles. The molecule has 0 saturated carbocycles. The number of hydrogen-bond acceptors (Lipinski definition) is 3. The Kier molecular flexibility index (Phi) is 5.10. The molecular weight excluding hydrogens is 352 g/mol. The molecule has 6 nitrogen and oxygen atoms in total. The summed E-state index contributed by atoms with van der Waals surface area (Å²) in [5.74, 6) is 0.120. The van der Waals surface area contributed by atoms with Crippen LogP contribution < -0.4 is 5.32 Å². The quantitative estimate of drug-likeness (QED) is 0.718. The number of carbonyl (C=O) groups excluding carboxylic acids is 2. The van der Waals surface area contributed by atoms with Crippen LogP contribution in [0, 0.1) is 0 Å². The van der Waals surface area contributed by atoms with Crippen LogP contribution in [-0.4, -0.2) is 38.9 Å². The van der Waals surface area contributed by atoms with Gasteiger partial charge in [-0.2, -0.15) is 0 Å². The molecule has 1 saturated heterocycles. The van der Waals surface area contributed by atoms with Crippen molar-refractivity contribution in [1.82, 2.24) is 19.8 Å². The second kappa shape index (κ2) is 7.84. The van der Waals surface area contributed by atoms with Gasteiger partial charge in [0, 0.05) is 62.1 Å². The van der Waals surface area contributed by atoms with E-state index in [1.807, 2.05) is 42.4 Å². The van der Waals surface area contributed by atoms with Crippen LogP contribution in [-0.2, 0) is 29.6 Å². The fraction of sp³-hybridized carbons (Fsp3) is 0.318. The van der Waals surface area contributed by atoms with E-state index in [1.54, 1.807) is 12.4 Å². The van der Waals surface area contributed by atoms with Crippen LogP contribution in [0.3, 0.4) is 0 Å². The topological polar surface area (TPSA) is 67.2 Å². The number of aryl methyl sites for hydroxylation is 1. The summed E-state index contributed by atoms with van der Waals surface area (Å²) in [7, 11) is 2.00. The maximum Gasteiger partial charge on any atom is 0.227 e. The van der Waals surface area contributed by atoms with E-state index in [2.05, 4.69) is 27.0 Å². The average Bonchev–Trinajstić information content (AvgIpc) is 3.25. The number of nitrogens with zero attached hydrogens (tertiary/aromatic N) is 3. The Bertz CT molecular complexity index is 996. The number of rotatable bonds is 6. The number of aromatic nitrogens is 2. The van der Waals surface area contributed by atoms with Crippen molar-refractivity contribution in [2.75, 3.05) is 6.54 Å². The number of benzene rings is 1. The summed E-state index contributed by atoms with van der Waals surface area (Å²) < 4.78 is 2.06. The van der Waals surface area contributed by atoms with Crippen molar-refractivity contribution in [3.8, 4) is 0 Å². The molecule has 0 radical (unpaired) electrons. The van der Waals surface area contributed by atoms with E-state index in [0.29, 0.717) is 25.9 Å². The second-order valence-corrected chi connectivity index (χ2v) is 7.40. The van der Waals surface area contributed by atoms with E-state index in [9.17, 15) is 9.59 Å². The Morgan fingerprint density at radius 3 is 2.89 bits per heavy atom. The predicted molar refractivity (Wildman–Crippen MR) is 107 cm³/mol. The molecule has 2 aromatic heterocycles. The third-order valence-corrected chi connectivity index (χ3v) is 5.30. The predicted octanol–water partition coefficient (Wildman–Crippen LogP) is 2.42. The third kappa shape index (κ3) is 3.91. The first-order valence-electron chi connectivity index (χ1n) is 9.59. The van der Waals surface area contributed by atoms with E-state index >= 15 is 0 Å². The van der Waals surface area contributed by atoms with Crippen molar-refractivity contribution in [2.24, 2.45) is 7.05 Å². The zero-order valence-electron chi connectivity index (χ0n) is 16.0. The Labute approximate surface area is 164 Å². The van der Waals surface area contributed by atoms with Crippen molar-refractivity contribution in [3.05, 3.63) is 66.1 Å². The van der Waals surface area contributed by atoms with E-state index in [0.717, 1.165) is 28.5 Å². The van der Waals surface area contributed by atoms with Crippen LogP contribution >= 0.6 is 0 Å². The summed E-state index contributed by atoms with van der Waals surface area (Å²) in [6.45, 7) is 1.01. The number of hydrogen-bond donors (Lipinski definition) is 1. The van der Waals surface area contributed by atoms with Crippen LogP contribution in [0.2, 0.25) is 0 Å². The Hall–Kier alpha value is -3.15. The summed E-state index contributed by atoms with van der Waals surface area (Å²) >= 11 is 0. The maximum atomic E-state index is 13.2. The van der Waals surface area contributed by atoms with E-state index in [4.69, 9.17) is 0 Å². The van der Waals surface area contributed by atoms with Gasteiger partial charge in [-0.25, -0.2) is 0 Å². The standard InChI is InChI=1S/C22H24N4O2/c1-25-14-17(19-6-2-3-7-20(19)25)11-22(28)26(13-16-5-4-10-23-12-16)15-18-8-9-21(27)24-18/h2-7,10,12,14,18H,8-9,11,13,15H2,1H3,(H,24,27)/t18-/m0/s1. The first-order valence-corrected chi connectivity index (χ1v) is 9.59. The van der Waals surface area contributed by atoms with Gasteiger partial charge in [-0.05, 0) is 29.7 Å². The molecule has 144 valence electrons. The zero-order valence-corrected chi connectivity index (χ0v) is 16.0. The molecule has 1 aliphatic rings. The van der Waals surface area contributed by atoms with E-state index in [1.165, 1.54) is 0 Å². The first kappa shape index (κ1) is 18.2. The number of para-hydroxylation sites is 1. The number of carbonyl (C=O) groups is 2. The summed E-state index contributed by atoms with van der Waals surface area (Å²) in [6.07, 6.45) is 7.17. The van der Waals surface area contributed by atoms with Crippen molar-refractivity contribution in [3.63, 3.8) is 0 Å². The first-order chi connectivity index (χ1) is 13.6. The molecule has 3 heterocycles. The molecule has 4 rings (SSSR count). The maximum absolute atomic E-state index is 13.2. The zero-order chi connectivity index (χ0) is 19.5. The molecule has 1 fully saturated rings. The highest BCUT2D eigenvalue weighted by Gasteiger charge is 2.26. The number of amides is 2. The molecule has 0 spiro atoms. The largest absolute Gasteiger partial charge is 0.352 e. The Morgan fingerprint density at radius 2 is 2.14 bits per heavy atom. The molecule has 3 aromatic rings. The van der Waals surface area contributed by atoms with Gasteiger partial charge < -0.3 is 14.8 Å². The minimum Gasteiger partial charge on any atom is -0.352 e. The normalized spacial score (nSPS) is 16.3. The fourth-order valence-electron chi connectivity index (χ4n) is 3.89. The lowest BCUT2D eigenvalue weighted by molar-refractivity contribution is -0.131. The SMILES string of the molecule is Cn1cc(CC(=O)N(Cc2cccnc2)C[C@@H]2CCC(=O)N2)c2ccccc21.